The van der Waals surface area contributed by atoms with Crippen LogP contribution in [0.2, 0.25) is 0 Å². The third-order valence-electron chi connectivity index (χ3n) is 4.48. The second-order valence-corrected chi connectivity index (χ2v) is 7.43. The average Bonchev–Trinajstić information content (AvgIpc) is 3.29. The SMILES string of the molecule is C=Cc1cc(-c2csc(-c3ccc(OCC)c(OCC)c3)n2)cc(C(=O)OCOC)c1O. The van der Waals surface area contributed by atoms with Crippen LogP contribution < -0.4 is 9.47 Å². The molecule has 7 nitrogen and oxygen atoms in total. The maximum absolute atomic E-state index is 12.3. The zero-order valence-corrected chi connectivity index (χ0v) is 19.0. The maximum atomic E-state index is 12.3. The lowest BCUT2D eigenvalue weighted by atomic mass is 10.0. The molecule has 0 aliphatic rings. The second-order valence-electron chi connectivity index (χ2n) is 6.57. The number of ether oxygens (including phenoxy) is 4. The Hall–Kier alpha value is -3.36. The molecule has 32 heavy (non-hydrogen) atoms. The van der Waals surface area contributed by atoms with Gasteiger partial charge in [-0.3, -0.25) is 0 Å². The van der Waals surface area contributed by atoms with E-state index in [0.29, 0.717) is 41.5 Å². The van der Waals surface area contributed by atoms with Crippen LogP contribution in [0.1, 0.15) is 29.8 Å². The highest BCUT2D eigenvalue weighted by Crippen LogP contribution is 2.37. The molecule has 0 amide bonds. The molecule has 0 atom stereocenters. The van der Waals surface area contributed by atoms with Crippen molar-refractivity contribution < 1.29 is 28.8 Å². The van der Waals surface area contributed by atoms with Crippen LogP contribution in [0, 0.1) is 0 Å². The molecule has 0 aliphatic carbocycles. The number of aromatic hydroxyl groups is 1. The van der Waals surface area contributed by atoms with Crippen LogP contribution in [0.3, 0.4) is 0 Å². The molecule has 8 heteroatoms. The molecule has 1 heterocycles. The van der Waals surface area contributed by atoms with E-state index in [4.69, 9.17) is 23.9 Å². The average molecular weight is 456 g/mol. The molecule has 2 aromatic carbocycles. The summed E-state index contributed by atoms with van der Waals surface area (Å²) in [5.41, 5.74) is 2.61. The van der Waals surface area contributed by atoms with E-state index < -0.39 is 5.97 Å². The van der Waals surface area contributed by atoms with E-state index >= 15 is 0 Å². The van der Waals surface area contributed by atoms with Crippen molar-refractivity contribution in [2.45, 2.75) is 13.8 Å². The first-order valence-electron chi connectivity index (χ1n) is 10.0. The second kappa shape index (κ2) is 10.8. The largest absolute Gasteiger partial charge is 0.506 e. The van der Waals surface area contributed by atoms with Crippen LogP contribution in [0.5, 0.6) is 17.2 Å². The highest BCUT2D eigenvalue weighted by molar-refractivity contribution is 7.13. The van der Waals surface area contributed by atoms with Crippen LogP contribution >= 0.6 is 11.3 Å². The monoisotopic (exact) mass is 455 g/mol. The number of hydrogen-bond acceptors (Lipinski definition) is 8. The number of carbonyl (C=O) groups excluding carboxylic acids is 1. The molecule has 0 aliphatic heterocycles. The van der Waals surface area contributed by atoms with E-state index in [0.717, 1.165) is 10.6 Å². The summed E-state index contributed by atoms with van der Waals surface area (Å²) in [5, 5.41) is 13.1. The van der Waals surface area contributed by atoms with Gasteiger partial charge in [0.2, 0.25) is 0 Å². The highest BCUT2D eigenvalue weighted by atomic mass is 32.1. The zero-order chi connectivity index (χ0) is 23.1. The smallest absolute Gasteiger partial charge is 0.344 e. The quantitative estimate of drug-likeness (QED) is 0.324. The van der Waals surface area contributed by atoms with Gasteiger partial charge in [0, 0.05) is 29.2 Å². The first kappa shape index (κ1) is 23.3. The molecule has 3 aromatic rings. The molecule has 0 bridgehead atoms. The summed E-state index contributed by atoms with van der Waals surface area (Å²) in [5.74, 6) is 0.444. The number of nitrogens with zero attached hydrogens (tertiary/aromatic N) is 1. The third kappa shape index (κ3) is 5.09. The van der Waals surface area contributed by atoms with Gasteiger partial charge in [-0.25, -0.2) is 9.78 Å². The molecular weight excluding hydrogens is 430 g/mol. The van der Waals surface area contributed by atoms with E-state index in [1.807, 2.05) is 37.4 Å². The molecule has 1 N–H and O–H groups in total. The lowest BCUT2D eigenvalue weighted by molar-refractivity contribution is -0.0127. The summed E-state index contributed by atoms with van der Waals surface area (Å²) < 4.78 is 21.1. The molecule has 0 spiro atoms. The van der Waals surface area contributed by atoms with Gasteiger partial charge in [0.1, 0.15) is 16.3 Å². The van der Waals surface area contributed by atoms with Crippen molar-refractivity contribution in [1.82, 2.24) is 4.98 Å². The predicted octanol–water partition coefficient (Wildman–Crippen LogP) is 5.38. The number of rotatable bonds is 10. The number of esters is 1. The molecule has 0 unspecified atom stereocenters. The van der Waals surface area contributed by atoms with Crippen molar-refractivity contribution in [3.8, 4) is 39.1 Å². The van der Waals surface area contributed by atoms with Crippen molar-refractivity contribution in [3.05, 3.63) is 53.4 Å². The van der Waals surface area contributed by atoms with E-state index in [-0.39, 0.29) is 18.1 Å². The molecule has 168 valence electrons. The number of benzene rings is 2. The molecular formula is C24H25NO6S. The Morgan fingerprint density at radius 2 is 1.88 bits per heavy atom. The standard InChI is InChI=1S/C24H25NO6S/c1-5-15-10-17(11-18(22(15)26)24(27)31-14-28-4)19-13-32-23(25-19)16-8-9-20(29-6-2)21(12-16)30-7-3/h5,8-13,26H,1,6-7,14H2,2-4H3. The topological polar surface area (TPSA) is 87.1 Å². The van der Waals surface area contributed by atoms with E-state index in [2.05, 4.69) is 6.58 Å². The first-order chi connectivity index (χ1) is 15.5. The van der Waals surface area contributed by atoms with Gasteiger partial charge >= 0.3 is 5.97 Å². The Labute approximate surface area is 190 Å². The summed E-state index contributed by atoms with van der Waals surface area (Å²) in [7, 11) is 1.41. The lowest BCUT2D eigenvalue weighted by Crippen LogP contribution is -2.08. The van der Waals surface area contributed by atoms with Gasteiger partial charge in [0.15, 0.2) is 18.3 Å². The lowest BCUT2D eigenvalue weighted by Gasteiger charge is -2.11. The van der Waals surface area contributed by atoms with Crippen LogP contribution in [-0.4, -0.2) is 43.2 Å². The van der Waals surface area contributed by atoms with Gasteiger partial charge in [-0.15, -0.1) is 11.3 Å². The fourth-order valence-electron chi connectivity index (χ4n) is 3.03. The fourth-order valence-corrected chi connectivity index (χ4v) is 3.86. The zero-order valence-electron chi connectivity index (χ0n) is 18.2. The number of hydrogen-bond donors (Lipinski definition) is 1. The van der Waals surface area contributed by atoms with Gasteiger partial charge in [-0.1, -0.05) is 12.7 Å². The summed E-state index contributed by atoms with van der Waals surface area (Å²) in [6.45, 7) is 8.40. The summed E-state index contributed by atoms with van der Waals surface area (Å²) in [6.07, 6.45) is 1.47. The number of aromatic nitrogens is 1. The molecule has 3 rings (SSSR count). The third-order valence-corrected chi connectivity index (χ3v) is 5.37. The number of methoxy groups -OCH3 is 1. The van der Waals surface area contributed by atoms with E-state index in [9.17, 15) is 9.90 Å². The number of phenolic OH excluding ortho intramolecular Hbond substituents is 1. The van der Waals surface area contributed by atoms with Crippen molar-refractivity contribution in [1.29, 1.82) is 0 Å². The Kier molecular flexibility index (Phi) is 7.86. The molecule has 0 saturated carbocycles. The van der Waals surface area contributed by atoms with Crippen LogP contribution in [-0.2, 0) is 9.47 Å². The minimum Gasteiger partial charge on any atom is -0.506 e. The van der Waals surface area contributed by atoms with Crippen LogP contribution in [0.4, 0.5) is 0 Å². The molecule has 0 radical (unpaired) electrons. The number of phenols is 1. The normalized spacial score (nSPS) is 10.6. The maximum Gasteiger partial charge on any atom is 0.344 e. The Balaban J connectivity index is 1.98. The highest BCUT2D eigenvalue weighted by Gasteiger charge is 2.19. The summed E-state index contributed by atoms with van der Waals surface area (Å²) in [6, 6.07) is 8.96. The Morgan fingerprint density at radius 1 is 1.12 bits per heavy atom. The molecule has 1 aromatic heterocycles. The summed E-state index contributed by atoms with van der Waals surface area (Å²) >= 11 is 1.46. The van der Waals surface area contributed by atoms with Crippen LogP contribution in [0.25, 0.3) is 27.9 Å². The Morgan fingerprint density at radius 3 is 2.56 bits per heavy atom. The minimum atomic E-state index is -0.697. The van der Waals surface area contributed by atoms with Crippen molar-refractivity contribution >= 4 is 23.4 Å². The van der Waals surface area contributed by atoms with Crippen LogP contribution in [0.15, 0.2) is 42.3 Å². The van der Waals surface area contributed by atoms with Gasteiger partial charge in [-0.2, -0.15) is 0 Å². The fraction of sp³-hybridized carbons (Fsp3) is 0.250. The van der Waals surface area contributed by atoms with Gasteiger partial charge in [0.05, 0.1) is 18.9 Å². The van der Waals surface area contributed by atoms with Crippen molar-refractivity contribution in [2.24, 2.45) is 0 Å². The van der Waals surface area contributed by atoms with Gasteiger partial charge < -0.3 is 24.1 Å². The van der Waals surface area contributed by atoms with Crippen molar-refractivity contribution in [3.63, 3.8) is 0 Å². The van der Waals surface area contributed by atoms with E-state index in [1.165, 1.54) is 24.5 Å². The first-order valence-corrected chi connectivity index (χ1v) is 10.9. The summed E-state index contributed by atoms with van der Waals surface area (Å²) in [4.78, 5) is 17.1. The van der Waals surface area contributed by atoms with Crippen molar-refractivity contribution in [2.75, 3.05) is 27.1 Å². The van der Waals surface area contributed by atoms with Gasteiger partial charge in [0.25, 0.3) is 0 Å². The Bertz CT molecular complexity index is 1110. The van der Waals surface area contributed by atoms with Gasteiger partial charge in [-0.05, 0) is 44.2 Å². The molecule has 0 fully saturated rings. The number of thiazole rings is 1. The molecule has 0 saturated heterocycles. The minimum absolute atomic E-state index is 0.0173. The predicted molar refractivity (Wildman–Crippen MR) is 124 cm³/mol. The number of carbonyl (C=O) groups is 1. The van der Waals surface area contributed by atoms with E-state index in [1.54, 1.807) is 12.1 Å².